The fourth-order valence-corrected chi connectivity index (χ4v) is 7.49. The molecule has 5 aromatic rings. The molecule has 20 heteroatoms. The van der Waals surface area contributed by atoms with E-state index in [0.29, 0.717) is 23.5 Å². The van der Waals surface area contributed by atoms with Gasteiger partial charge in [-0.25, -0.2) is 4.68 Å². The van der Waals surface area contributed by atoms with Gasteiger partial charge in [-0.05, 0) is 74.0 Å². The van der Waals surface area contributed by atoms with Crippen LogP contribution in [-0.4, -0.2) is 66.4 Å². The first-order valence-electron chi connectivity index (χ1n) is 17.7. The number of amides is 2. The Balaban J connectivity index is 1.58. The lowest BCUT2D eigenvalue weighted by Crippen LogP contribution is -2.25. The Morgan fingerprint density at radius 3 is 2.12 bits per heavy atom. The van der Waals surface area contributed by atoms with Crippen molar-refractivity contribution in [2.45, 2.75) is 44.4 Å². The molecule has 308 valence electrons. The third kappa shape index (κ3) is 11.1. The molecule has 4 aromatic carbocycles. The summed E-state index contributed by atoms with van der Waals surface area (Å²) in [6.07, 6.45) is 0.139. The number of anilines is 3. The van der Waals surface area contributed by atoms with Crippen molar-refractivity contribution >= 4 is 83.8 Å². The van der Waals surface area contributed by atoms with Gasteiger partial charge in [-0.2, -0.15) is 27.2 Å². The van der Waals surface area contributed by atoms with Crippen LogP contribution in [0.1, 0.15) is 66.1 Å². The fraction of sp³-hybridized carbons (Fsp3) is 0.231. The SMILES string of the molecule is CCN(CCCS(=O)(=O)O)c1ccc(/N=N/c2c(C#N)c(C(C)(C)C)nn2-c2c(Cl)cc(NC(=O)c3cccc(S(=O)(=O)O)c3)cc2Cl)c(NC(=O)c2ccccc2)c1. The molecule has 0 atom stereocenters. The number of carbonyl (C=O) groups excluding carboxylic acids is 2. The smallest absolute Gasteiger partial charge is 0.294 e. The summed E-state index contributed by atoms with van der Waals surface area (Å²) < 4.78 is 65.9. The Bertz CT molecular complexity index is 2690. The number of hydrogen-bond acceptors (Lipinski definition) is 11. The maximum Gasteiger partial charge on any atom is 0.294 e. The highest BCUT2D eigenvalue weighted by Gasteiger charge is 2.30. The molecule has 2 amide bonds. The van der Waals surface area contributed by atoms with E-state index >= 15 is 0 Å². The molecule has 4 N–H and O–H groups in total. The number of nitriles is 1. The Morgan fingerprint density at radius 2 is 1.53 bits per heavy atom. The molecule has 0 radical (unpaired) electrons. The molecule has 0 fully saturated rings. The number of nitrogens with one attached hydrogen (secondary N) is 2. The molecule has 0 unspecified atom stereocenters. The molecule has 0 aliphatic heterocycles. The Labute approximate surface area is 351 Å². The van der Waals surface area contributed by atoms with E-state index in [1.807, 2.05) is 32.6 Å². The number of nitrogens with zero attached hydrogens (tertiary/aromatic N) is 6. The number of aromatic nitrogens is 2. The maximum atomic E-state index is 13.4. The molecular weight excluding hydrogens is 844 g/mol. The predicted molar refractivity (Wildman–Crippen MR) is 225 cm³/mol. The quantitative estimate of drug-likeness (QED) is 0.0608. The van der Waals surface area contributed by atoms with Gasteiger partial charge in [-0.1, -0.05) is 68.2 Å². The van der Waals surface area contributed by atoms with Crippen molar-refractivity contribution in [3.63, 3.8) is 0 Å². The minimum absolute atomic E-state index is 0.0304. The highest BCUT2D eigenvalue weighted by Crippen LogP contribution is 2.40. The van der Waals surface area contributed by atoms with Gasteiger partial charge in [-0.3, -0.25) is 18.7 Å². The Morgan fingerprint density at radius 1 is 0.881 bits per heavy atom. The summed E-state index contributed by atoms with van der Waals surface area (Å²) >= 11 is 13.6. The van der Waals surface area contributed by atoms with Crippen molar-refractivity contribution in [2.75, 3.05) is 34.4 Å². The fourth-order valence-electron chi connectivity index (χ4n) is 5.83. The van der Waals surface area contributed by atoms with Gasteiger partial charge >= 0.3 is 0 Å². The van der Waals surface area contributed by atoms with Crippen LogP contribution in [0.15, 0.2) is 100 Å². The molecule has 0 aliphatic carbocycles. The monoisotopic (exact) mass is 880 g/mol. The van der Waals surface area contributed by atoms with E-state index in [2.05, 4.69) is 26.9 Å². The van der Waals surface area contributed by atoms with Gasteiger partial charge in [-0.15, -0.1) is 10.2 Å². The zero-order valence-corrected chi connectivity index (χ0v) is 35.2. The van der Waals surface area contributed by atoms with Crippen LogP contribution in [0.2, 0.25) is 10.0 Å². The second kappa shape index (κ2) is 18.1. The Hall–Kier alpha value is -5.68. The minimum atomic E-state index is -4.57. The maximum absolute atomic E-state index is 13.4. The van der Waals surface area contributed by atoms with Crippen molar-refractivity contribution in [1.82, 2.24) is 9.78 Å². The van der Waals surface area contributed by atoms with E-state index in [-0.39, 0.29) is 62.7 Å². The summed E-state index contributed by atoms with van der Waals surface area (Å²) in [5.41, 5.74) is 1.18. The van der Waals surface area contributed by atoms with Crippen LogP contribution in [0.4, 0.5) is 28.6 Å². The first-order chi connectivity index (χ1) is 27.7. The molecule has 0 bridgehead atoms. The molecule has 1 aromatic heterocycles. The van der Waals surface area contributed by atoms with Gasteiger partial charge in [0.2, 0.25) is 0 Å². The summed E-state index contributed by atoms with van der Waals surface area (Å²) in [5, 5.41) is 29.5. The lowest BCUT2D eigenvalue weighted by Gasteiger charge is -2.24. The highest BCUT2D eigenvalue weighted by molar-refractivity contribution is 7.86. The highest BCUT2D eigenvalue weighted by atomic mass is 35.5. The second-order valence-electron chi connectivity index (χ2n) is 14.0. The number of rotatable bonds is 14. The van der Waals surface area contributed by atoms with Crippen LogP contribution in [0.3, 0.4) is 0 Å². The summed E-state index contributed by atoms with van der Waals surface area (Å²) in [5.74, 6) is -1.68. The zero-order valence-electron chi connectivity index (χ0n) is 32.0. The molecule has 0 saturated carbocycles. The van der Waals surface area contributed by atoms with Crippen LogP contribution < -0.4 is 15.5 Å². The summed E-state index contributed by atoms with van der Waals surface area (Å²) in [6.45, 7) is 8.12. The van der Waals surface area contributed by atoms with Crippen LogP contribution in [0.25, 0.3) is 5.69 Å². The summed E-state index contributed by atoms with van der Waals surface area (Å²) in [4.78, 5) is 27.8. The second-order valence-corrected chi connectivity index (χ2v) is 17.8. The normalized spacial score (nSPS) is 12.0. The van der Waals surface area contributed by atoms with Gasteiger partial charge < -0.3 is 15.5 Å². The van der Waals surface area contributed by atoms with Gasteiger partial charge in [0.1, 0.15) is 23.0 Å². The minimum Gasteiger partial charge on any atom is -0.372 e. The molecule has 16 nitrogen and oxygen atoms in total. The van der Waals surface area contributed by atoms with Crippen molar-refractivity contribution in [3.05, 3.63) is 117 Å². The van der Waals surface area contributed by atoms with E-state index in [1.165, 1.54) is 28.9 Å². The zero-order chi connectivity index (χ0) is 43.3. The van der Waals surface area contributed by atoms with Crippen molar-refractivity contribution in [1.29, 1.82) is 5.26 Å². The molecule has 0 saturated heterocycles. The van der Waals surface area contributed by atoms with Gasteiger partial charge in [0, 0.05) is 41.0 Å². The summed E-state index contributed by atoms with van der Waals surface area (Å²) in [7, 11) is -8.74. The molecule has 5 rings (SSSR count). The standard InChI is InChI=1S/C39H38Cl2N8O8S2/c1-5-48(17-10-18-58(52,53)54)27-15-16-32(33(22-27)44-37(50)24-11-7-6-8-12-24)45-46-36-29(23-42)35(39(2,3)4)47-49(36)34-30(40)20-26(21-31(34)41)43-38(51)25-13-9-14-28(19-25)59(55,56)57/h6-9,11-16,19-22H,5,10,17-18H2,1-4H3,(H,43,51)(H,44,50)(H,52,53,54)(H,55,56,57)/b46-45+. The Kier molecular flexibility index (Phi) is 13.6. The van der Waals surface area contributed by atoms with Crippen LogP contribution in [0, 0.1) is 11.3 Å². The average Bonchev–Trinajstić information content (AvgIpc) is 3.54. The van der Waals surface area contributed by atoms with E-state index in [0.717, 1.165) is 12.1 Å². The first kappa shape index (κ1) is 44.4. The number of halogens is 2. The average molecular weight is 882 g/mol. The number of azo groups is 1. The van der Waals surface area contributed by atoms with Crippen molar-refractivity contribution in [2.24, 2.45) is 10.2 Å². The van der Waals surface area contributed by atoms with Crippen LogP contribution in [0.5, 0.6) is 0 Å². The van der Waals surface area contributed by atoms with Gasteiger partial charge in [0.15, 0.2) is 5.82 Å². The number of carbonyl (C=O) groups is 2. The summed E-state index contributed by atoms with van der Waals surface area (Å²) in [6, 6.07) is 23.0. The third-order valence-corrected chi connectivity index (χ3v) is 10.9. The van der Waals surface area contributed by atoms with Gasteiger partial charge in [0.25, 0.3) is 32.1 Å². The third-order valence-electron chi connectivity index (χ3n) is 8.66. The van der Waals surface area contributed by atoms with E-state index < -0.39 is 48.1 Å². The molecular formula is C39H38Cl2N8O8S2. The van der Waals surface area contributed by atoms with Crippen molar-refractivity contribution < 1.29 is 35.5 Å². The molecule has 0 spiro atoms. The first-order valence-corrected chi connectivity index (χ1v) is 21.5. The predicted octanol–water partition coefficient (Wildman–Crippen LogP) is 8.62. The van der Waals surface area contributed by atoms with Crippen LogP contribution in [-0.2, 0) is 25.7 Å². The molecule has 1 heterocycles. The number of hydrogen-bond donors (Lipinski definition) is 4. The van der Waals surface area contributed by atoms with E-state index in [1.54, 1.807) is 48.5 Å². The lowest BCUT2D eigenvalue weighted by molar-refractivity contribution is 0.101. The largest absolute Gasteiger partial charge is 0.372 e. The van der Waals surface area contributed by atoms with E-state index in [9.17, 15) is 40.8 Å². The van der Waals surface area contributed by atoms with E-state index in [4.69, 9.17) is 28.3 Å². The van der Waals surface area contributed by atoms with Crippen LogP contribution >= 0.6 is 23.2 Å². The molecule has 0 aliphatic rings. The number of benzene rings is 4. The lowest BCUT2D eigenvalue weighted by atomic mass is 9.90. The van der Waals surface area contributed by atoms with Crippen molar-refractivity contribution in [3.8, 4) is 11.8 Å². The van der Waals surface area contributed by atoms with Gasteiger partial charge in [0.05, 0.1) is 32.1 Å². The topological polar surface area (TPSA) is 237 Å². The molecule has 59 heavy (non-hydrogen) atoms.